The normalized spacial score (nSPS) is 15.6. The number of aromatic nitrogens is 2. The van der Waals surface area contributed by atoms with E-state index in [-0.39, 0.29) is 6.04 Å². The highest BCUT2D eigenvalue weighted by Crippen LogP contribution is 2.30. The molecule has 0 saturated carbocycles. The monoisotopic (exact) mass is 225 g/mol. The molecule has 0 amide bonds. The van der Waals surface area contributed by atoms with Crippen molar-refractivity contribution in [2.24, 2.45) is 5.73 Å². The van der Waals surface area contributed by atoms with Crippen molar-refractivity contribution in [1.29, 1.82) is 5.26 Å². The van der Waals surface area contributed by atoms with Gasteiger partial charge in [-0.1, -0.05) is 18.2 Å². The van der Waals surface area contributed by atoms with Gasteiger partial charge in [0.1, 0.15) is 6.07 Å². The summed E-state index contributed by atoms with van der Waals surface area (Å²) in [4.78, 5) is 2.08. The van der Waals surface area contributed by atoms with Crippen molar-refractivity contribution in [1.82, 2.24) is 10.2 Å². The maximum atomic E-state index is 9.10. The summed E-state index contributed by atoms with van der Waals surface area (Å²) in [6.07, 6.45) is 0. The Hall–Kier alpha value is -2.19. The Labute approximate surface area is 98.5 Å². The number of hydrogen-bond donors (Lipinski definition) is 1. The van der Waals surface area contributed by atoms with E-state index in [0.717, 1.165) is 29.7 Å². The molecule has 0 unspecified atom stereocenters. The summed E-state index contributed by atoms with van der Waals surface area (Å²) >= 11 is 0. The lowest BCUT2D eigenvalue weighted by atomic mass is 10.1. The summed E-state index contributed by atoms with van der Waals surface area (Å²) in [5, 5.41) is 18.1. The third kappa shape index (κ3) is 1.50. The van der Waals surface area contributed by atoms with Gasteiger partial charge < -0.3 is 10.6 Å². The van der Waals surface area contributed by atoms with Crippen LogP contribution in [0, 0.1) is 11.3 Å². The molecule has 2 aromatic rings. The quantitative estimate of drug-likeness (QED) is 0.770. The standard InChI is InChI=1S/C12H11N5/c13-5-11-12(17-6-8(14)7-17)9-3-1-2-4-10(9)15-16-11/h1-4,8H,6-7,14H2. The van der Waals surface area contributed by atoms with Crippen molar-refractivity contribution >= 4 is 16.6 Å². The molecule has 84 valence electrons. The lowest BCUT2D eigenvalue weighted by molar-refractivity contribution is 0.519. The summed E-state index contributed by atoms with van der Waals surface area (Å²) in [5.74, 6) is 0. The molecule has 1 aliphatic rings. The second-order valence-electron chi connectivity index (χ2n) is 4.19. The first-order valence-corrected chi connectivity index (χ1v) is 5.45. The summed E-state index contributed by atoms with van der Waals surface area (Å²) < 4.78 is 0. The van der Waals surface area contributed by atoms with Gasteiger partial charge in [-0.15, -0.1) is 10.2 Å². The number of hydrogen-bond acceptors (Lipinski definition) is 5. The average Bonchev–Trinajstić information content (AvgIpc) is 2.34. The van der Waals surface area contributed by atoms with Crippen molar-refractivity contribution in [3.63, 3.8) is 0 Å². The summed E-state index contributed by atoms with van der Waals surface area (Å²) in [6.45, 7) is 1.54. The largest absolute Gasteiger partial charge is 0.365 e. The molecule has 2 N–H and O–H groups in total. The van der Waals surface area contributed by atoms with E-state index in [1.807, 2.05) is 24.3 Å². The van der Waals surface area contributed by atoms with E-state index in [0.29, 0.717) is 5.69 Å². The molecule has 1 saturated heterocycles. The first-order valence-electron chi connectivity index (χ1n) is 5.45. The maximum Gasteiger partial charge on any atom is 0.187 e. The van der Waals surface area contributed by atoms with Crippen LogP contribution in [0.15, 0.2) is 24.3 Å². The molecular formula is C12H11N5. The van der Waals surface area contributed by atoms with Crippen LogP contribution in [0.25, 0.3) is 10.9 Å². The van der Waals surface area contributed by atoms with Crippen molar-refractivity contribution in [3.8, 4) is 6.07 Å². The molecule has 17 heavy (non-hydrogen) atoms. The Kier molecular flexibility index (Phi) is 2.16. The number of nitrogens with zero attached hydrogens (tertiary/aromatic N) is 4. The van der Waals surface area contributed by atoms with E-state index in [2.05, 4.69) is 21.2 Å². The van der Waals surface area contributed by atoms with E-state index in [9.17, 15) is 0 Å². The molecule has 2 heterocycles. The van der Waals surface area contributed by atoms with Crippen LogP contribution in [-0.4, -0.2) is 29.3 Å². The zero-order valence-electron chi connectivity index (χ0n) is 9.17. The number of fused-ring (bicyclic) bond motifs is 1. The first-order chi connectivity index (χ1) is 8.29. The highest BCUT2D eigenvalue weighted by Gasteiger charge is 2.27. The van der Waals surface area contributed by atoms with E-state index >= 15 is 0 Å². The number of anilines is 1. The minimum atomic E-state index is 0.188. The molecule has 1 aliphatic heterocycles. The Morgan fingerprint density at radius 2 is 2.06 bits per heavy atom. The van der Waals surface area contributed by atoms with Crippen LogP contribution >= 0.6 is 0 Å². The molecule has 0 spiro atoms. The van der Waals surface area contributed by atoms with Gasteiger partial charge in [-0.3, -0.25) is 0 Å². The summed E-state index contributed by atoms with van der Waals surface area (Å²) in [6, 6.07) is 9.99. The Bertz CT molecular complexity index is 610. The van der Waals surface area contributed by atoms with Crippen LogP contribution in [0.1, 0.15) is 5.69 Å². The molecule has 1 aromatic heterocycles. The fraction of sp³-hybridized carbons (Fsp3) is 0.250. The zero-order chi connectivity index (χ0) is 11.8. The fourth-order valence-corrected chi connectivity index (χ4v) is 2.13. The van der Waals surface area contributed by atoms with E-state index in [1.165, 1.54) is 0 Å². The topological polar surface area (TPSA) is 78.8 Å². The van der Waals surface area contributed by atoms with E-state index in [1.54, 1.807) is 0 Å². The maximum absolute atomic E-state index is 9.10. The van der Waals surface area contributed by atoms with Crippen LogP contribution in [-0.2, 0) is 0 Å². The van der Waals surface area contributed by atoms with Crippen LogP contribution in [0.5, 0.6) is 0 Å². The van der Waals surface area contributed by atoms with Crippen LogP contribution in [0.2, 0.25) is 0 Å². The molecule has 0 radical (unpaired) electrons. The highest BCUT2D eigenvalue weighted by atomic mass is 15.2. The van der Waals surface area contributed by atoms with Gasteiger partial charge in [0.25, 0.3) is 0 Å². The molecule has 5 heteroatoms. The zero-order valence-corrected chi connectivity index (χ0v) is 9.17. The number of rotatable bonds is 1. The molecule has 0 aliphatic carbocycles. The minimum absolute atomic E-state index is 0.188. The van der Waals surface area contributed by atoms with Crippen molar-refractivity contribution < 1.29 is 0 Å². The Morgan fingerprint density at radius 3 is 2.76 bits per heavy atom. The molecule has 0 atom stereocenters. The Morgan fingerprint density at radius 1 is 1.29 bits per heavy atom. The molecular weight excluding hydrogens is 214 g/mol. The molecule has 1 aromatic carbocycles. The van der Waals surface area contributed by atoms with Crippen molar-refractivity contribution in [3.05, 3.63) is 30.0 Å². The van der Waals surface area contributed by atoms with Gasteiger partial charge in [-0.05, 0) is 6.07 Å². The van der Waals surface area contributed by atoms with E-state index < -0.39 is 0 Å². The van der Waals surface area contributed by atoms with Gasteiger partial charge in [-0.25, -0.2) is 0 Å². The second kappa shape index (κ2) is 3.68. The average molecular weight is 225 g/mol. The number of nitrogens with two attached hydrogens (primary N) is 1. The molecule has 3 rings (SSSR count). The lowest BCUT2D eigenvalue weighted by Crippen LogP contribution is -2.56. The predicted octanol–water partition coefficient (Wildman–Crippen LogP) is 0.649. The number of benzene rings is 1. The van der Waals surface area contributed by atoms with Crippen molar-refractivity contribution in [2.45, 2.75) is 6.04 Å². The first kappa shape index (κ1) is 10.00. The smallest absolute Gasteiger partial charge is 0.187 e. The van der Waals surface area contributed by atoms with Gasteiger partial charge in [0.05, 0.1) is 11.2 Å². The highest BCUT2D eigenvalue weighted by molar-refractivity contribution is 5.93. The van der Waals surface area contributed by atoms with Gasteiger partial charge in [-0.2, -0.15) is 5.26 Å². The van der Waals surface area contributed by atoms with Crippen LogP contribution in [0.3, 0.4) is 0 Å². The lowest BCUT2D eigenvalue weighted by Gasteiger charge is -2.39. The van der Waals surface area contributed by atoms with Crippen LogP contribution in [0.4, 0.5) is 5.69 Å². The molecule has 5 nitrogen and oxygen atoms in total. The summed E-state index contributed by atoms with van der Waals surface area (Å²) in [7, 11) is 0. The fourth-order valence-electron chi connectivity index (χ4n) is 2.13. The third-order valence-electron chi connectivity index (χ3n) is 2.97. The molecule has 1 fully saturated rings. The van der Waals surface area contributed by atoms with Crippen LogP contribution < -0.4 is 10.6 Å². The number of nitriles is 1. The van der Waals surface area contributed by atoms with Gasteiger partial charge in [0.15, 0.2) is 5.69 Å². The SMILES string of the molecule is N#Cc1nnc2ccccc2c1N1CC(N)C1. The van der Waals surface area contributed by atoms with Gasteiger partial charge in [0, 0.05) is 24.5 Å². The third-order valence-corrected chi connectivity index (χ3v) is 2.97. The van der Waals surface area contributed by atoms with E-state index in [4.69, 9.17) is 11.0 Å². The van der Waals surface area contributed by atoms with Gasteiger partial charge >= 0.3 is 0 Å². The van der Waals surface area contributed by atoms with Crippen molar-refractivity contribution in [2.75, 3.05) is 18.0 Å². The Balaban J connectivity index is 2.22. The predicted molar refractivity (Wildman–Crippen MR) is 64.4 cm³/mol. The second-order valence-corrected chi connectivity index (χ2v) is 4.19. The minimum Gasteiger partial charge on any atom is -0.365 e. The summed E-state index contributed by atoms with van der Waals surface area (Å²) in [5.41, 5.74) is 7.82. The van der Waals surface area contributed by atoms with Gasteiger partial charge in [0.2, 0.25) is 0 Å². The molecule has 0 bridgehead atoms.